The number of carbonyl (C=O) groups is 2. The predicted molar refractivity (Wildman–Crippen MR) is 44.9 cm³/mol. The van der Waals surface area contributed by atoms with Crippen molar-refractivity contribution in [3.05, 3.63) is 12.7 Å². The van der Waals surface area contributed by atoms with Gasteiger partial charge in [-0.05, 0) is 6.92 Å². The van der Waals surface area contributed by atoms with Crippen LogP contribution in [0, 0.1) is 5.41 Å². The summed E-state index contributed by atoms with van der Waals surface area (Å²) >= 11 is 0. The Morgan fingerprint density at radius 2 is 2.14 bits per heavy atom. The smallest absolute Gasteiger partial charge is 0.440 e. The second kappa shape index (κ2) is 10.9. The summed E-state index contributed by atoms with van der Waals surface area (Å²) in [6.45, 7) is 4.97. The summed E-state index contributed by atoms with van der Waals surface area (Å²) in [5.74, 6) is -0.738. The van der Waals surface area contributed by atoms with E-state index in [-0.39, 0.29) is 6.61 Å². The topological polar surface area (TPSA) is 106 Å². The molecule has 0 atom stereocenters. The molecule has 14 heavy (non-hydrogen) atoms. The number of hydrogen-bond acceptors (Lipinski definition) is 6. The molecule has 0 aliphatic carbocycles. The van der Waals surface area contributed by atoms with Gasteiger partial charge in [-0.3, -0.25) is 0 Å². The van der Waals surface area contributed by atoms with Crippen LogP contribution < -0.4 is 5.48 Å². The van der Waals surface area contributed by atoms with E-state index in [9.17, 15) is 9.59 Å². The van der Waals surface area contributed by atoms with E-state index in [0.29, 0.717) is 0 Å². The molecule has 7 nitrogen and oxygen atoms in total. The van der Waals surface area contributed by atoms with E-state index in [2.05, 4.69) is 16.2 Å². The van der Waals surface area contributed by atoms with E-state index in [1.807, 2.05) is 0 Å². The average Bonchev–Trinajstić information content (AvgIpc) is 2.16. The van der Waals surface area contributed by atoms with Crippen molar-refractivity contribution in [2.24, 2.45) is 0 Å². The van der Waals surface area contributed by atoms with E-state index in [1.165, 1.54) is 0 Å². The van der Waals surface area contributed by atoms with E-state index in [1.54, 1.807) is 12.4 Å². The predicted octanol–water partition coefficient (Wildman–Crippen LogP) is 0.278. The molecule has 0 saturated heterocycles. The Morgan fingerprint density at radius 3 is 2.50 bits per heavy atom. The lowest BCUT2D eigenvalue weighted by Gasteiger charge is -2.02. The Morgan fingerprint density at radius 1 is 1.64 bits per heavy atom. The van der Waals surface area contributed by atoms with Gasteiger partial charge in [-0.1, -0.05) is 6.58 Å². The maximum Gasteiger partial charge on any atom is 0.440 e. The van der Waals surface area contributed by atoms with Gasteiger partial charge in [-0.2, -0.15) is 0 Å². The van der Waals surface area contributed by atoms with Crippen LogP contribution in [0.4, 0.5) is 4.79 Å². The zero-order chi connectivity index (χ0) is 11.4. The lowest BCUT2D eigenvalue weighted by atomic mass is 10.7. The Balaban J connectivity index is 0. The molecule has 0 aromatic rings. The maximum atomic E-state index is 10.4. The minimum atomic E-state index is -0.803. The Hall–Kier alpha value is -2.14. The molecule has 0 spiro atoms. The molecule has 0 aliphatic heterocycles. The van der Waals surface area contributed by atoms with Crippen LogP contribution in [0.3, 0.4) is 0 Å². The number of hydrogen-bond donors (Lipinski definition) is 2. The van der Waals surface area contributed by atoms with Gasteiger partial charge in [-0.15, -0.1) is 5.48 Å². The highest BCUT2D eigenvalue weighted by atomic mass is 16.7. The lowest BCUT2D eigenvalue weighted by molar-refractivity contribution is -0.143. The number of hydroxylamine groups is 1. The monoisotopic (exact) mass is 202 g/mol. The molecule has 0 heterocycles. The summed E-state index contributed by atoms with van der Waals surface area (Å²) in [5.41, 5.74) is 1.75. The van der Waals surface area contributed by atoms with Crippen LogP contribution in [-0.4, -0.2) is 24.7 Å². The third kappa shape index (κ3) is 12.5. The number of rotatable bonds is 2. The summed E-state index contributed by atoms with van der Waals surface area (Å²) in [6.07, 6.45) is 0.870. The molecule has 1 amide bonds. The summed E-state index contributed by atoms with van der Waals surface area (Å²) in [4.78, 5) is 33.2. The van der Waals surface area contributed by atoms with Crippen LogP contribution in [-0.2, 0) is 19.2 Å². The van der Waals surface area contributed by atoms with Crippen molar-refractivity contribution in [3.63, 3.8) is 0 Å². The first-order valence-corrected chi connectivity index (χ1v) is 3.42. The molecule has 78 valence electrons. The number of isocyanates is 1. The average molecular weight is 202 g/mol. The van der Waals surface area contributed by atoms with Crippen LogP contribution in [0.5, 0.6) is 0 Å². The molecular formula is C7H10N2O5. The quantitative estimate of drug-likeness (QED) is 0.289. The number of ether oxygens (including phenoxy) is 1. The van der Waals surface area contributed by atoms with Crippen molar-refractivity contribution in [2.75, 3.05) is 6.61 Å². The van der Waals surface area contributed by atoms with Crippen LogP contribution >= 0.6 is 0 Å². The lowest BCUT2D eigenvalue weighted by Crippen LogP contribution is -2.26. The van der Waals surface area contributed by atoms with Crippen molar-refractivity contribution >= 4 is 18.1 Å². The van der Waals surface area contributed by atoms with Gasteiger partial charge in [0.2, 0.25) is 6.08 Å². The van der Waals surface area contributed by atoms with Gasteiger partial charge >= 0.3 is 12.1 Å². The molecule has 0 saturated carbocycles. The van der Waals surface area contributed by atoms with Crippen LogP contribution in [0.1, 0.15) is 6.92 Å². The van der Waals surface area contributed by atoms with Crippen molar-refractivity contribution < 1.29 is 24.0 Å². The number of carbonyl (C=O) groups excluding carboxylic acids is 3. The van der Waals surface area contributed by atoms with Gasteiger partial charge in [0.1, 0.15) is 0 Å². The first kappa shape index (κ1) is 14.4. The minimum absolute atomic E-state index is 0.220. The van der Waals surface area contributed by atoms with Crippen LogP contribution in [0.2, 0.25) is 0 Å². The fourth-order valence-electron chi connectivity index (χ4n) is 0.294. The largest absolute Gasteiger partial charge is 0.448 e. The molecule has 0 rings (SSSR count). The Labute approximate surface area is 80.1 Å². The van der Waals surface area contributed by atoms with Gasteiger partial charge in [0, 0.05) is 6.08 Å². The highest BCUT2D eigenvalue weighted by molar-refractivity contribution is 5.82. The summed E-state index contributed by atoms with van der Waals surface area (Å²) in [6, 6.07) is 0. The molecule has 2 N–H and O–H groups in total. The van der Waals surface area contributed by atoms with E-state index < -0.39 is 12.1 Å². The highest BCUT2D eigenvalue weighted by Crippen LogP contribution is 1.78. The molecule has 0 aromatic carbocycles. The third-order valence-corrected chi connectivity index (χ3v) is 0.677. The maximum absolute atomic E-state index is 10.4. The van der Waals surface area contributed by atoms with Gasteiger partial charge in [-0.25, -0.2) is 19.8 Å². The summed E-state index contributed by atoms with van der Waals surface area (Å²) in [5, 5.41) is 5.40. The van der Waals surface area contributed by atoms with E-state index in [0.717, 1.165) is 12.2 Å². The Bertz CT molecular complexity index is 232. The molecule has 7 heteroatoms. The Kier molecular flexibility index (Phi) is 11.2. The van der Waals surface area contributed by atoms with Gasteiger partial charge in [0.05, 0.1) is 6.61 Å². The third-order valence-electron chi connectivity index (χ3n) is 0.677. The second-order valence-corrected chi connectivity index (χ2v) is 1.55. The molecular weight excluding hydrogens is 192 g/mol. The van der Waals surface area contributed by atoms with Crippen molar-refractivity contribution in [1.29, 1.82) is 5.41 Å². The van der Waals surface area contributed by atoms with E-state index in [4.69, 9.17) is 10.2 Å². The van der Waals surface area contributed by atoms with E-state index >= 15 is 0 Å². The molecule has 0 radical (unpaired) electrons. The number of amides is 1. The van der Waals surface area contributed by atoms with Gasteiger partial charge < -0.3 is 9.57 Å². The molecule has 0 aromatic heterocycles. The standard InChI is InChI=1S/C6H9NO4.CHNO/c1-3-5(8)11-7-6(9)10-4-2;2-1-3/h3H,1,4H2,2H3,(H,7,9);2H. The SMILES string of the molecule is C=CC(=O)ONC(=O)OCC.N=C=O. The zero-order valence-electron chi connectivity index (χ0n) is 7.53. The molecule has 0 bridgehead atoms. The van der Waals surface area contributed by atoms with Crippen molar-refractivity contribution in [1.82, 2.24) is 5.48 Å². The van der Waals surface area contributed by atoms with Crippen molar-refractivity contribution in [2.45, 2.75) is 6.92 Å². The van der Waals surface area contributed by atoms with Crippen molar-refractivity contribution in [3.8, 4) is 0 Å². The summed E-state index contributed by atoms with van der Waals surface area (Å²) in [7, 11) is 0. The molecule has 0 fully saturated rings. The minimum Gasteiger partial charge on any atom is -0.448 e. The van der Waals surface area contributed by atoms with Gasteiger partial charge in [0.15, 0.2) is 0 Å². The van der Waals surface area contributed by atoms with Crippen LogP contribution in [0.15, 0.2) is 12.7 Å². The fraction of sp³-hybridized carbons (Fsp3) is 0.286. The van der Waals surface area contributed by atoms with Crippen LogP contribution in [0.25, 0.3) is 0 Å². The summed E-state index contributed by atoms with van der Waals surface area (Å²) < 4.78 is 4.38. The zero-order valence-corrected chi connectivity index (χ0v) is 7.53. The fourth-order valence-corrected chi connectivity index (χ4v) is 0.294. The molecule has 0 aliphatic rings. The first-order valence-electron chi connectivity index (χ1n) is 3.42. The molecule has 0 unspecified atom stereocenters. The normalized spacial score (nSPS) is 6.93. The number of nitrogens with one attached hydrogen (secondary N) is 2. The first-order chi connectivity index (χ1) is 6.62. The van der Waals surface area contributed by atoms with Gasteiger partial charge in [0.25, 0.3) is 0 Å². The highest BCUT2D eigenvalue weighted by Gasteiger charge is 2.01. The second-order valence-electron chi connectivity index (χ2n) is 1.55.